The summed E-state index contributed by atoms with van der Waals surface area (Å²) >= 11 is 0. The Kier molecular flexibility index (Phi) is 3.41. The van der Waals surface area contributed by atoms with Crippen molar-refractivity contribution in [2.75, 3.05) is 13.7 Å². The largest absolute Gasteiger partial charge is 0.486 e. The number of hydrogen-bond acceptors (Lipinski definition) is 3. The Morgan fingerprint density at radius 2 is 2.06 bits per heavy atom. The molecule has 2 unspecified atom stereocenters. The molecule has 18 heavy (non-hydrogen) atoms. The molecular formula is C15H21NO2. The van der Waals surface area contributed by atoms with Gasteiger partial charge in [0, 0.05) is 6.04 Å². The first-order chi connectivity index (χ1) is 8.86. The van der Waals surface area contributed by atoms with E-state index in [-0.39, 0.29) is 6.10 Å². The number of nitrogens with one attached hydrogen (secondary N) is 1. The highest BCUT2D eigenvalue weighted by atomic mass is 16.6. The minimum Gasteiger partial charge on any atom is -0.486 e. The molecule has 1 aliphatic carbocycles. The van der Waals surface area contributed by atoms with Crippen LogP contribution in [0.15, 0.2) is 24.3 Å². The second-order valence-corrected chi connectivity index (χ2v) is 5.34. The average Bonchev–Trinajstić information content (AvgIpc) is 2.37. The number of benzene rings is 1. The fraction of sp³-hybridized carbons (Fsp3) is 0.600. The van der Waals surface area contributed by atoms with E-state index in [1.807, 2.05) is 31.3 Å². The van der Waals surface area contributed by atoms with Crippen LogP contribution < -0.4 is 14.8 Å². The van der Waals surface area contributed by atoms with Crippen molar-refractivity contribution in [3.05, 3.63) is 24.3 Å². The number of rotatable bonds is 4. The Morgan fingerprint density at radius 1 is 1.28 bits per heavy atom. The molecule has 0 saturated heterocycles. The lowest BCUT2D eigenvalue weighted by atomic mass is 9.80. The van der Waals surface area contributed by atoms with Crippen molar-refractivity contribution in [2.45, 2.75) is 37.8 Å². The van der Waals surface area contributed by atoms with Crippen molar-refractivity contribution in [1.82, 2.24) is 5.32 Å². The molecule has 1 N–H and O–H groups in total. The average molecular weight is 247 g/mol. The van der Waals surface area contributed by atoms with Crippen LogP contribution in [0.2, 0.25) is 0 Å². The topological polar surface area (TPSA) is 30.5 Å². The van der Waals surface area contributed by atoms with Gasteiger partial charge < -0.3 is 14.8 Å². The van der Waals surface area contributed by atoms with Crippen molar-refractivity contribution in [1.29, 1.82) is 0 Å². The van der Waals surface area contributed by atoms with Gasteiger partial charge in [-0.05, 0) is 31.5 Å². The maximum absolute atomic E-state index is 6.07. The summed E-state index contributed by atoms with van der Waals surface area (Å²) in [7, 11) is 2.02. The van der Waals surface area contributed by atoms with Gasteiger partial charge in [-0.1, -0.05) is 31.4 Å². The quantitative estimate of drug-likeness (QED) is 0.887. The summed E-state index contributed by atoms with van der Waals surface area (Å²) in [5, 5.41) is 3.40. The minimum absolute atomic E-state index is 0.130. The predicted octanol–water partition coefficient (Wildman–Crippen LogP) is 2.60. The first-order valence-electron chi connectivity index (χ1n) is 6.92. The second kappa shape index (κ2) is 5.19. The number of ether oxygens (including phenoxy) is 2. The van der Waals surface area contributed by atoms with Crippen molar-refractivity contribution in [3.8, 4) is 11.5 Å². The molecule has 1 aromatic carbocycles. The Balaban J connectivity index is 1.65. The summed E-state index contributed by atoms with van der Waals surface area (Å²) in [5.74, 6) is 2.62. The van der Waals surface area contributed by atoms with E-state index in [1.165, 1.54) is 25.7 Å². The Hall–Kier alpha value is -1.22. The monoisotopic (exact) mass is 247 g/mol. The maximum Gasteiger partial charge on any atom is 0.161 e. The van der Waals surface area contributed by atoms with Crippen LogP contribution in [-0.2, 0) is 0 Å². The molecule has 0 amide bonds. The van der Waals surface area contributed by atoms with Crippen LogP contribution in [0.4, 0.5) is 0 Å². The predicted molar refractivity (Wildman–Crippen MR) is 71.2 cm³/mol. The fourth-order valence-electron chi connectivity index (χ4n) is 2.78. The third kappa shape index (κ3) is 2.32. The zero-order valence-electron chi connectivity index (χ0n) is 10.9. The molecule has 3 rings (SSSR count). The van der Waals surface area contributed by atoms with Gasteiger partial charge in [0.1, 0.15) is 12.7 Å². The van der Waals surface area contributed by atoms with Gasteiger partial charge in [-0.15, -0.1) is 0 Å². The van der Waals surface area contributed by atoms with E-state index in [0.717, 1.165) is 17.4 Å². The van der Waals surface area contributed by atoms with Gasteiger partial charge in [-0.25, -0.2) is 0 Å². The third-order valence-electron chi connectivity index (χ3n) is 4.16. The zero-order valence-corrected chi connectivity index (χ0v) is 10.9. The first kappa shape index (κ1) is 11.8. The Labute approximate surface area is 108 Å². The molecule has 1 aromatic rings. The second-order valence-electron chi connectivity index (χ2n) is 5.34. The van der Waals surface area contributed by atoms with Gasteiger partial charge in [0.2, 0.25) is 0 Å². The molecule has 1 heterocycles. The normalized spacial score (nSPS) is 24.4. The summed E-state index contributed by atoms with van der Waals surface area (Å²) < 4.78 is 11.9. The molecule has 2 aliphatic rings. The summed E-state index contributed by atoms with van der Waals surface area (Å²) in [6.07, 6.45) is 5.48. The lowest BCUT2D eigenvalue weighted by Crippen LogP contribution is -2.47. The first-order valence-corrected chi connectivity index (χ1v) is 6.92. The van der Waals surface area contributed by atoms with Gasteiger partial charge >= 0.3 is 0 Å². The molecule has 98 valence electrons. The van der Waals surface area contributed by atoms with E-state index in [0.29, 0.717) is 12.6 Å². The highest BCUT2D eigenvalue weighted by molar-refractivity contribution is 5.40. The standard InChI is InChI=1S/C15H21NO2/c1-16-12(9-11-5-4-6-11)15-10-17-13-7-2-3-8-14(13)18-15/h2-3,7-8,11-12,15-16H,4-6,9-10H2,1H3. The molecular weight excluding hydrogens is 226 g/mol. The number of fused-ring (bicyclic) bond motifs is 1. The van der Waals surface area contributed by atoms with Crippen molar-refractivity contribution < 1.29 is 9.47 Å². The summed E-state index contributed by atoms with van der Waals surface area (Å²) in [5.41, 5.74) is 0. The summed E-state index contributed by atoms with van der Waals surface area (Å²) in [6, 6.07) is 8.31. The van der Waals surface area contributed by atoms with Gasteiger partial charge in [0.25, 0.3) is 0 Å². The molecule has 1 aliphatic heterocycles. The molecule has 3 nitrogen and oxygen atoms in total. The number of para-hydroxylation sites is 2. The van der Waals surface area contributed by atoms with E-state index in [1.54, 1.807) is 0 Å². The van der Waals surface area contributed by atoms with Gasteiger partial charge in [0.15, 0.2) is 11.5 Å². The molecule has 1 saturated carbocycles. The van der Waals surface area contributed by atoms with Gasteiger partial charge in [-0.2, -0.15) is 0 Å². The molecule has 0 radical (unpaired) electrons. The lowest BCUT2D eigenvalue weighted by Gasteiger charge is -2.36. The smallest absolute Gasteiger partial charge is 0.161 e. The van der Waals surface area contributed by atoms with Crippen LogP contribution >= 0.6 is 0 Å². The number of likely N-dealkylation sites (N-methyl/N-ethyl adjacent to an activating group) is 1. The highest BCUT2D eigenvalue weighted by Gasteiger charge is 2.31. The van der Waals surface area contributed by atoms with Crippen LogP contribution in [0.5, 0.6) is 11.5 Å². The van der Waals surface area contributed by atoms with E-state index < -0.39 is 0 Å². The van der Waals surface area contributed by atoms with Gasteiger partial charge in [0.05, 0.1) is 0 Å². The van der Waals surface area contributed by atoms with Crippen molar-refractivity contribution in [3.63, 3.8) is 0 Å². The van der Waals surface area contributed by atoms with Crippen LogP contribution in [0.1, 0.15) is 25.7 Å². The maximum atomic E-state index is 6.07. The Morgan fingerprint density at radius 3 is 2.72 bits per heavy atom. The molecule has 0 aromatic heterocycles. The van der Waals surface area contributed by atoms with Crippen LogP contribution in [0.3, 0.4) is 0 Å². The summed E-state index contributed by atoms with van der Waals surface area (Å²) in [4.78, 5) is 0. The van der Waals surface area contributed by atoms with Gasteiger partial charge in [-0.3, -0.25) is 0 Å². The van der Waals surface area contributed by atoms with E-state index >= 15 is 0 Å². The Bertz CT molecular complexity index is 403. The number of hydrogen-bond donors (Lipinski definition) is 1. The van der Waals surface area contributed by atoms with E-state index in [4.69, 9.17) is 9.47 Å². The molecule has 3 heteroatoms. The molecule has 0 spiro atoms. The molecule has 0 bridgehead atoms. The van der Waals surface area contributed by atoms with Crippen LogP contribution in [-0.4, -0.2) is 25.8 Å². The SMILES string of the molecule is CNC(CC1CCC1)C1COc2ccccc2O1. The van der Waals surface area contributed by atoms with E-state index in [2.05, 4.69) is 5.32 Å². The fourth-order valence-corrected chi connectivity index (χ4v) is 2.78. The third-order valence-corrected chi connectivity index (χ3v) is 4.16. The van der Waals surface area contributed by atoms with Crippen LogP contribution in [0, 0.1) is 5.92 Å². The minimum atomic E-state index is 0.130. The molecule has 1 fully saturated rings. The van der Waals surface area contributed by atoms with Crippen LogP contribution in [0.25, 0.3) is 0 Å². The zero-order chi connectivity index (χ0) is 12.4. The molecule has 2 atom stereocenters. The lowest BCUT2D eigenvalue weighted by molar-refractivity contribution is 0.0518. The van der Waals surface area contributed by atoms with Crippen molar-refractivity contribution >= 4 is 0 Å². The highest BCUT2D eigenvalue weighted by Crippen LogP contribution is 2.35. The van der Waals surface area contributed by atoms with E-state index in [9.17, 15) is 0 Å². The van der Waals surface area contributed by atoms with Crippen molar-refractivity contribution in [2.24, 2.45) is 5.92 Å². The summed E-state index contributed by atoms with van der Waals surface area (Å²) in [6.45, 7) is 0.648.